The summed E-state index contributed by atoms with van der Waals surface area (Å²) in [6, 6.07) is 5.12. The van der Waals surface area contributed by atoms with E-state index in [1.165, 1.54) is 0 Å². The molecule has 0 saturated carbocycles. The minimum atomic E-state index is -0.560. The first kappa shape index (κ1) is 13.1. The molecule has 1 aromatic heterocycles. The standard InChI is InChI=1S/C13H13N5O3/c1-7-3-2-4-8-11(7)17-12(14-8)15-9(19)5-18-6-10(20)16-13(18)21/h2-4H,5-6H2,1H3,(H,16,20,21)(H2,14,15,17,19). The molecular formula is C13H13N5O3. The Morgan fingerprint density at radius 3 is 2.90 bits per heavy atom. The molecular weight excluding hydrogens is 274 g/mol. The number of para-hydroxylation sites is 1. The van der Waals surface area contributed by atoms with Gasteiger partial charge in [0.15, 0.2) is 0 Å². The number of fused-ring (bicyclic) bond motifs is 1. The molecule has 0 atom stereocenters. The largest absolute Gasteiger partial charge is 0.325 e. The van der Waals surface area contributed by atoms with Crippen LogP contribution in [0.1, 0.15) is 5.56 Å². The van der Waals surface area contributed by atoms with Gasteiger partial charge in [-0.05, 0) is 18.6 Å². The number of benzene rings is 1. The molecule has 3 rings (SSSR count). The number of H-pyrrole nitrogens is 1. The van der Waals surface area contributed by atoms with Crippen LogP contribution in [-0.4, -0.2) is 45.8 Å². The quantitative estimate of drug-likeness (QED) is 0.708. The summed E-state index contributed by atoms with van der Waals surface area (Å²) in [7, 11) is 0. The molecule has 1 aliphatic rings. The molecule has 0 bridgehead atoms. The van der Waals surface area contributed by atoms with Gasteiger partial charge in [-0.15, -0.1) is 0 Å². The third-order valence-electron chi connectivity index (χ3n) is 3.17. The molecule has 1 aromatic carbocycles. The Morgan fingerprint density at radius 1 is 1.43 bits per heavy atom. The summed E-state index contributed by atoms with van der Waals surface area (Å²) >= 11 is 0. The number of rotatable bonds is 3. The van der Waals surface area contributed by atoms with Crippen molar-refractivity contribution in [1.29, 1.82) is 0 Å². The normalized spacial score (nSPS) is 14.6. The van der Waals surface area contributed by atoms with Crippen LogP contribution in [0.15, 0.2) is 18.2 Å². The lowest BCUT2D eigenvalue weighted by Gasteiger charge is -2.11. The van der Waals surface area contributed by atoms with Gasteiger partial charge >= 0.3 is 6.03 Å². The second-order valence-corrected chi connectivity index (χ2v) is 4.81. The number of carbonyl (C=O) groups excluding carboxylic acids is 3. The lowest BCUT2D eigenvalue weighted by molar-refractivity contribution is -0.119. The van der Waals surface area contributed by atoms with E-state index in [0.29, 0.717) is 5.95 Å². The van der Waals surface area contributed by atoms with Crippen LogP contribution in [0.2, 0.25) is 0 Å². The molecule has 0 radical (unpaired) electrons. The van der Waals surface area contributed by atoms with Crippen molar-refractivity contribution in [1.82, 2.24) is 20.2 Å². The van der Waals surface area contributed by atoms with Crippen LogP contribution in [0.3, 0.4) is 0 Å². The van der Waals surface area contributed by atoms with Crippen LogP contribution in [0.4, 0.5) is 10.7 Å². The number of aryl methyl sites for hydroxylation is 1. The average molecular weight is 287 g/mol. The van der Waals surface area contributed by atoms with Crippen LogP contribution in [0, 0.1) is 6.92 Å². The maximum atomic E-state index is 11.9. The highest BCUT2D eigenvalue weighted by Crippen LogP contribution is 2.17. The van der Waals surface area contributed by atoms with E-state index in [1.807, 2.05) is 25.1 Å². The van der Waals surface area contributed by atoms with Crippen molar-refractivity contribution in [2.24, 2.45) is 0 Å². The molecule has 21 heavy (non-hydrogen) atoms. The summed E-state index contributed by atoms with van der Waals surface area (Å²) < 4.78 is 0. The van der Waals surface area contributed by atoms with Crippen molar-refractivity contribution in [2.45, 2.75) is 6.92 Å². The molecule has 0 unspecified atom stereocenters. The van der Waals surface area contributed by atoms with E-state index in [-0.39, 0.29) is 13.1 Å². The number of aromatic amines is 1. The van der Waals surface area contributed by atoms with Gasteiger partial charge in [0.05, 0.1) is 11.0 Å². The summed E-state index contributed by atoms with van der Waals surface area (Å²) in [6.07, 6.45) is 0. The van der Waals surface area contributed by atoms with Crippen molar-refractivity contribution < 1.29 is 14.4 Å². The predicted molar refractivity (Wildman–Crippen MR) is 74.6 cm³/mol. The zero-order valence-corrected chi connectivity index (χ0v) is 11.3. The van der Waals surface area contributed by atoms with E-state index in [4.69, 9.17) is 0 Å². The second-order valence-electron chi connectivity index (χ2n) is 4.81. The number of imidazole rings is 1. The molecule has 108 valence electrons. The number of urea groups is 1. The lowest BCUT2D eigenvalue weighted by atomic mass is 10.2. The Kier molecular flexibility index (Phi) is 3.05. The average Bonchev–Trinajstić information content (AvgIpc) is 2.94. The molecule has 1 saturated heterocycles. The van der Waals surface area contributed by atoms with Gasteiger partial charge in [0.2, 0.25) is 17.8 Å². The molecule has 8 heteroatoms. The van der Waals surface area contributed by atoms with E-state index in [1.54, 1.807) is 0 Å². The van der Waals surface area contributed by atoms with Gasteiger partial charge < -0.3 is 9.88 Å². The fourth-order valence-corrected chi connectivity index (χ4v) is 2.19. The van der Waals surface area contributed by atoms with E-state index in [9.17, 15) is 14.4 Å². The summed E-state index contributed by atoms with van der Waals surface area (Å²) in [6.45, 7) is 1.62. The molecule has 1 fully saturated rings. The molecule has 0 spiro atoms. The van der Waals surface area contributed by atoms with Crippen molar-refractivity contribution >= 4 is 34.8 Å². The smallest absolute Gasteiger partial charge is 0.324 e. The van der Waals surface area contributed by atoms with E-state index < -0.39 is 17.8 Å². The Morgan fingerprint density at radius 2 is 2.24 bits per heavy atom. The van der Waals surface area contributed by atoms with Crippen LogP contribution in [0.25, 0.3) is 11.0 Å². The third kappa shape index (κ3) is 2.55. The lowest BCUT2D eigenvalue weighted by Crippen LogP contribution is -2.35. The van der Waals surface area contributed by atoms with E-state index in [0.717, 1.165) is 21.5 Å². The fourth-order valence-electron chi connectivity index (χ4n) is 2.19. The number of carbonyl (C=O) groups is 3. The molecule has 3 N–H and O–H groups in total. The first-order valence-corrected chi connectivity index (χ1v) is 6.37. The minimum Gasteiger partial charge on any atom is -0.324 e. The zero-order valence-electron chi connectivity index (χ0n) is 11.3. The first-order chi connectivity index (χ1) is 10.0. The number of nitrogens with zero attached hydrogens (tertiary/aromatic N) is 2. The van der Waals surface area contributed by atoms with Gasteiger partial charge in [0, 0.05) is 0 Å². The SMILES string of the molecule is Cc1cccc2[nH]c(NC(=O)CN3CC(=O)NC3=O)nc12. The van der Waals surface area contributed by atoms with Gasteiger partial charge in [0.25, 0.3) is 0 Å². The minimum absolute atomic E-state index is 0.106. The van der Waals surface area contributed by atoms with Crippen LogP contribution in [-0.2, 0) is 9.59 Å². The third-order valence-corrected chi connectivity index (χ3v) is 3.17. The van der Waals surface area contributed by atoms with Crippen molar-refractivity contribution in [3.8, 4) is 0 Å². The highest BCUT2D eigenvalue weighted by Gasteiger charge is 2.28. The number of amides is 4. The number of nitrogens with one attached hydrogen (secondary N) is 3. The summed E-state index contributed by atoms with van der Waals surface area (Å²) in [4.78, 5) is 42.7. The molecule has 2 heterocycles. The van der Waals surface area contributed by atoms with Gasteiger partial charge in [-0.1, -0.05) is 12.1 Å². The molecule has 4 amide bonds. The van der Waals surface area contributed by atoms with Crippen LogP contribution in [0.5, 0.6) is 0 Å². The van der Waals surface area contributed by atoms with E-state index >= 15 is 0 Å². The predicted octanol–water partition coefficient (Wildman–Crippen LogP) is 0.362. The summed E-state index contributed by atoms with van der Waals surface area (Å²) in [5.41, 5.74) is 2.59. The Hall–Kier alpha value is -2.90. The Labute approximate surface area is 119 Å². The fraction of sp³-hybridized carbons (Fsp3) is 0.231. The molecule has 1 aliphatic heterocycles. The number of hydrogen-bond acceptors (Lipinski definition) is 4. The van der Waals surface area contributed by atoms with Crippen molar-refractivity contribution in [3.05, 3.63) is 23.8 Å². The van der Waals surface area contributed by atoms with Crippen molar-refractivity contribution in [3.63, 3.8) is 0 Å². The monoisotopic (exact) mass is 287 g/mol. The zero-order chi connectivity index (χ0) is 15.0. The van der Waals surface area contributed by atoms with Crippen molar-refractivity contribution in [2.75, 3.05) is 18.4 Å². The van der Waals surface area contributed by atoms with Crippen LogP contribution >= 0.6 is 0 Å². The Bertz CT molecular complexity index is 751. The van der Waals surface area contributed by atoms with Crippen LogP contribution < -0.4 is 10.6 Å². The maximum Gasteiger partial charge on any atom is 0.325 e. The number of aromatic nitrogens is 2. The maximum absolute atomic E-state index is 11.9. The van der Waals surface area contributed by atoms with Gasteiger partial charge in [-0.3, -0.25) is 20.2 Å². The second kappa shape index (κ2) is 4.89. The van der Waals surface area contributed by atoms with Gasteiger partial charge in [-0.25, -0.2) is 9.78 Å². The number of imide groups is 1. The topological polar surface area (TPSA) is 107 Å². The summed E-state index contributed by atoms with van der Waals surface area (Å²) in [5.74, 6) is -0.515. The highest BCUT2D eigenvalue weighted by atomic mass is 16.2. The van der Waals surface area contributed by atoms with Gasteiger partial charge in [-0.2, -0.15) is 0 Å². The highest BCUT2D eigenvalue weighted by molar-refractivity contribution is 6.04. The Balaban J connectivity index is 1.70. The number of hydrogen-bond donors (Lipinski definition) is 3. The molecule has 8 nitrogen and oxygen atoms in total. The van der Waals surface area contributed by atoms with E-state index in [2.05, 4.69) is 20.6 Å². The van der Waals surface area contributed by atoms with Gasteiger partial charge in [0.1, 0.15) is 13.1 Å². The molecule has 0 aliphatic carbocycles. The number of anilines is 1. The first-order valence-electron chi connectivity index (χ1n) is 6.37. The molecule has 2 aromatic rings. The summed E-state index contributed by atoms with van der Waals surface area (Å²) in [5, 5.41) is 4.69.